The molecule has 1 saturated heterocycles. The molecule has 0 spiro atoms. The predicted molar refractivity (Wildman–Crippen MR) is 78.2 cm³/mol. The molecule has 1 fully saturated rings. The summed E-state index contributed by atoms with van der Waals surface area (Å²) < 4.78 is 10.5. The summed E-state index contributed by atoms with van der Waals surface area (Å²) in [5, 5.41) is 11.0. The highest BCUT2D eigenvalue weighted by atomic mass is 16.5. The molecule has 1 amide bonds. The second kappa shape index (κ2) is 5.77. The predicted octanol–water partition coefficient (Wildman–Crippen LogP) is 1.16. The number of aromatic nitrogens is 4. The summed E-state index contributed by atoms with van der Waals surface area (Å²) in [6.45, 7) is 2.15. The second-order valence-corrected chi connectivity index (χ2v) is 6.01. The summed E-state index contributed by atoms with van der Waals surface area (Å²) in [6, 6.07) is 0.382. The molecule has 8 nitrogen and oxygen atoms in total. The zero-order valence-corrected chi connectivity index (χ0v) is 13.0. The van der Waals surface area contributed by atoms with E-state index < -0.39 is 0 Å². The smallest absolute Gasteiger partial charge is 0.252 e. The van der Waals surface area contributed by atoms with Gasteiger partial charge in [-0.25, -0.2) is 0 Å². The SMILES string of the molecule is CCc1noc(COCC(=O)N2C3CCC2c2cn[nH]c2C3)n1. The van der Waals surface area contributed by atoms with Crippen LogP contribution in [-0.4, -0.2) is 43.8 Å². The van der Waals surface area contributed by atoms with Crippen LogP contribution in [0.25, 0.3) is 0 Å². The van der Waals surface area contributed by atoms with Gasteiger partial charge in [0, 0.05) is 30.1 Å². The Bertz CT molecular complexity index is 710. The molecule has 0 aliphatic carbocycles. The van der Waals surface area contributed by atoms with Crippen LogP contribution in [0.15, 0.2) is 10.7 Å². The zero-order chi connectivity index (χ0) is 15.8. The van der Waals surface area contributed by atoms with Crippen molar-refractivity contribution in [1.29, 1.82) is 0 Å². The van der Waals surface area contributed by atoms with Crippen molar-refractivity contribution in [1.82, 2.24) is 25.2 Å². The van der Waals surface area contributed by atoms with Crippen LogP contribution in [0.2, 0.25) is 0 Å². The molecule has 1 N–H and O–H groups in total. The minimum Gasteiger partial charge on any atom is -0.362 e. The first-order valence-electron chi connectivity index (χ1n) is 7.98. The van der Waals surface area contributed by atoms with Crippen LogP contribution in [0, 0.1) is 0 Å². The summed E-state index contributed by atoms with van der Waals surface area (Å²) in [4.78, 5) is 18.7. The van der Waals surface area contributed by atoms with E-state index in [4.69, 9.17) is 9.26 Å². The van der Waals surface area contributed by atoms with Gasteiger partial charge in [-0.1, -0.05) is 12.1 Å². The summed E-state index contributed by atoms with van der Waals surface area (Å²) in [6.07, 6.45) is 5.43. The molecule has 2 aliphatic rings. The number of aromatic amines is 1. The average Bonchev–Trinajstić information content (AvgIpc) is 3.26. The Morgan fingerprint density at radius 1 is 1.52 bits per heavy atom. The Morgan fingerprint density at radius 2 is 2.43 bits per heavy atom. The standard InChI is InChI=1S/C15H19N5O3/c1-2-13-17-14(23-19-13)7-22-8-15(21)20-9-3-4-12(20)10-6-16-18-11(10)5-9/h6,9,12H,2-5,7-8H2,1H3,(H,16,18). The normalized spacial score (nSPS) is 22.4. The first-order chi connectivity index (χ1) is 11.3. The molecule has 8 heteroatoms. The lowest BCUT2D eigenvalue weighted by molar-refractivity contribution is -0.140. The highest BCUT2D eigenvalue weighted by Gasteiger charge is 2.43. The molecule has 0 aromatic carbocycles. The minimum atomic E-state index is 0.0135. The maximum Gasteiger partial charge on any atom is 0.252 e. The topological polar surface area (TPSA) is 97.1 Å². The zero-order valence-electron chi connectivity index (χ0n) is 13.0. The van der Waals surface area contributed by atoms with Crippen LogP contribution >= 0.6 is 0 Å². The van der Waals surface area contributed by atoms with Gasteiger partial charge in [-0.3, -0.25) is 9.89 Å². The fraction of sp³-hybridized carbons (Fsp3) is 0.600. The van der Waals surface area contributed by atoms with E-state index in [1.54, 1.807) is 0 Å². The fourth-order valence-electron chi connectivity index (χ4n) is 3.57. The van der Waals surface area contributed by atoms with Gasteiger partial charge in [0.1, 0.15) is 13.2 Å². The van der Waals surface area contributed by atoms with Crippen LogP contribution in [0.3, 0.4) is 0 Å². The van der Waals surface area contributed by atoms with Gasteiger partial charge in [0.05, 0.1) is 12.2 Å². The minimum absolute atomic E-state index is 0.0135. The lowest BCUT2D eigenvalue weighted by Crippen LogP contribution is -2.43. The molecule has 4 rings (SSSR count). The highest BCUT2D eigenvalue weighted by molar-refractivity contribution is 5.79. The number of amides is 1. The van der Waals surface area contributed by atoms with E-state index in [-0.39, 0.29) is 31.2 Å². The van der Waals surface area contributed by atoms with Crippen LogP contribution < -0.4 is 0 Å². The van der Waals surface area contributed by atoms with Crippen LogP contribution in [0.4, 0.5) is 0 Å². The number of fused-ring (bicyclic) bond motifs is 4. The lowest BCUT2D eigenvalue weighted by atomic mass is 10.0. The highest BCUT2D eigenvalue weighted by Crippen LogP contribution is 2.42. The van der Waals surface area contributed by atoms with E-state index in [1.807, 2.05) is 18.0 Å². The van der Waals surface area contributed by atoms with E-state index in [1.165, 1.54) is 5.69 Å². The number of carbonyl (C=O) groups is 1. The Kier molecular flexibility index (Phi) is 3.60. The molecular weight excluding hydrogens is 298 g/mol. The molecule has 122 valence electrons. The quantitative estimate of drug-likeness (QED) is 0.889. The second-order valence-electron chi connectivity index (χ2n) is 6.01. The number of carbonyl (C=O) groups excluding carboxylic acids is 1. The van der Waals surface area contributed by atoms with Crippen molar-refractivity contribution in [2.24, 2.45) is 0 Å². The third-order valence-corrected chi connectivity index (χ3v) is 4.62. The molecule has 2 aromatic rings. The Labute approximate surface area is 133 Å². The number of hydrogen-bond donors (Lipinski definition) is 1. The third-order valence-electron chi connectivity index (χ3n) is 4.62. The molecular formula is C15H19N5O3. The van der Waals surface area contributed by atoms with E-state index in [2.05, 4.69) is 20.3 Å². The number of nitrogens with one attached hydrogen (secondary N) is 1. The van der Waals surface area contributed by atoms with Crippen molar-refractivity contribution in [3.05, 3.63) is 29.2 Å². The van der Waals surface area contributed by atoms with Crippen LogP contribution in [-0.2, 0) is 29.0 Å². The average molecular weight is 317 g/mol. The third kappa shape index (κ3) is 2.52. The Hall–Kier alpha value is -2.22. The molecule has 2 unspecified atom stereocenters. The number of hydrogen-bond acceptors (Lipinski definition) is 6. The first kappa shape index (κ1) is 14.4. The number of aryl methyl sites for hydroxylation is 1. The first-order valence-corrected chi connectivity index (χ1v) is 7.98. The van der Waals surface area contributed by atoms with Gasteiger partial charge in [-0.15, -0.1) is 0 Å². The van der Waals surface area contributed by atoms with Crippen LogP contribution in [0.5, 0.6) is 0 Å². The number of H-pyrrole nitrogens is 1. The Balaban J connectivity index is 1.36. The maximum absolute atomic E-state index is 12.5. The van der Waals surface area contributed by atoms with Gasteiger partial charge in [-0.2, -0.15) is 10.1 Å². The largest absolute Gasteiger partial charge is 0.362 e. The maximum atomic E-state index is 12.5. The van der Waals surface area contributed by atoms with Crippen molar-refractivity contribution >= 4 is 5.91 Å². The molecule has 2 bridgehead atoms. The lowest BCUT2D eigenvalue weighted by Gasteiger charge is -2.34. The number of ether oxygens (including phenoxy) is 1. The number of rotatable bonds is 5. The van der Waals surface area contributed by atoms with E-state index in [9.17, 15) is 4.79 Å². The van der Waals surface area contributed by atoms with Gasteiger partial charge < -0.3 is 14.2 Å². The summed E-state index contributed by atoms with van der Waals surface area (Å²) in [5.41, 5.74) is 2.32. The summed E-state index contributed by atoms with van der Waals surface area (Å²) in [5.74, 6) is 1.07. The van der Waals surface area contributed by atoms with E-state index in [0.717, 1.165) is 24.8 Å². The van der Waals surface area contributed by atoms with Gasteiger partial charge in [0.15, 0.2) is 5.82 Å². The molecule has 0 saturated carbocycles. The van der Waals surface area contributed by atoms with Crippen molar-refractivity contribution in [3.63, 3.8) is 0 Å². The molecule has 0 radical (unpaired) electrons. The van der Waals surface area contributed by atoms with Gasteiger partial charge >= 0.3 is 0 Å². The van der Waals surface area contributed by atoms with Crippen molar-refractivity contribution in [2.75, 3.05) is 6.61 Å². The van der Waals surface area contributed by atoms with Crippen molar-refractivity contribution < 1.29 is 14.1 Å². The van der Waals surface area contributed by atoms with E-state index >= 15 is 0 Å². The van der Waals surface area contributed by atoms with E-state index in [0.29, 0.717) is 18.1 Å². The molecule has 2 aliphatic heterocycles. The Morgan fingerprint density at radius 3 is 3.26 bits per heavy atom. The van der Waals surface area contributed by atoms with Crippen LogP contribution in [0.1, 0.15) is 48.8 Å². The van der Waals surface area contributed by atoms with Gasteiger partial charge in [0.25, 0.3) is 5.89 Å². The summed E-state index contributed by atoms with van der Waals surface area (Å²) in [7, 11) is 0. The monoisotopic (exact) mass is 317 g/mol. The molecule has 2 aromatic heterocycles. The van der Waals surface area contributed by atoms with Crippen molar-refractivity contribution in [2.45, 2.75) is 51.3 Å². The molecule has 2 atom stereocenters. The fourth-order valence-corrected chi connectivity index (χ4v) is 3.57. The number of nitrogens with zero attached hydrogens (tertiary/aromatic N) is 4. The summed E-state index contributed by atoms with van der Waals surface area (Å²) >= 11 is 0. The van der Waals surface area contributed by atoms with Gasteiger partial charge in [0.2, 0.25) is 5.91 Å². The molecule has 4 heterocycles. The van der Waals surface area contributed by atoms with Gasteiger partial charge in [-0.05, 0) is 12.8 Å². The van der Waals surface area contributed by atoms with Crippen molar-refractivity contribution in [3.8, 4) is 0 Å². The molecule has 23 heavy (non-hydrogen) atoms.